The molecule has 0 rings (SSSR count). The third kappa shape index (κ3) is 20.2. The van der Waals surface area contributed by atoms with E-state index in [9.17, 15) is 4.79 Å². The third-order valence-corrected chi connectivity index (χ3v) is 0.247. The van der Waals surface area contributed by atoms with Crippen LogP contribution in [0.4, 0.5) is 0 Å². The summed E-state index contributed by atoms with van der Waals surface area (Å²) >= 11 is 0. The first kappa shape index (κ1) is 15.6. The van der Waals surface area contributed by atoms with Crippen molar-refractivity contribution in [3.63, 3.8) is 0 Å². The van der Waals surface area contributed by atoms with Gasteiger partial charge in [-0.15, -0.1) is 0 Å². The fourth-order valence-corrected chi connectivity index (χ4v) is 0.0527. The zero-order valence-electron chi connectivity index (χ0n) is 3.42. The molecule has 0 heterocycles. The molecule has 3 heteroatoms. The van der Waals surface area contributed by atoms with Crippen LogP contribution in [0.5, 0.6) is 0 Å². The topological polar surface area (TPSA) is 37.3 Å². The van der Waals surface area contributed by atoms with Crippen LogP contribution in [-0.4, -0.2) is 18.0 Å². The molecular weight excluding hydrogens is 169 g/mol. The predicted molar refractivity (Wildman–Crippen MR) is 24.5 cm³/mol. The van der Waals surface area contributed by atoms with Crippen molar-refractivity contribution in [2.75, 3.05) is 6.61 Å². The molecule has 0 aliphatic heterocycles. The minimum atomic E-state index is -0.0243. The zero-order chi connectivity index (χ0) is 4.12. The summed E-state index contributed by atoms with van der Waals surface area (Å²) in [6.07, 6.45) is 0.944. The van der Waals surface area contributed by atoms with Gasteiger partial charge in [-0.25, -0.2) is 0 Å². The Morgan fingerprint density at radius 2 is 2.00 bits per heavy atom. The number of aldehydes is 1. The summed E-state index contributed by atoms with van der Waals surface area (Å²) in [5.74, 6) is 0. The van der Waals surface area contributed by atoms with Crippen molar-refractivity contribution in [2.24, 2.45) is 0 Å². The van der Waals surface area contributed by atoms with Crippen molar-refractivity contribution in [1.29, 1.82) is 0 Å². The Morgan fingerprint density at radius 3 is 2.00 bits per heavy atom. The summed E-state index contributed by atoms with van der Waals surface area (Å²) in [4.78, 5) is 9.24. The fraction of sp³-hybridized carbons (Fsp3) is 0.750. The molecule has 41 valence electrons. The average Bonchev–Trinajstić information content (AvgIpc) is 1.41. The van der Waals surface area contributed by atoms with Crippen molar-refractivity contribution in [2.45, 2.75) is 13.8 Å². The van der Waals surface area contributed by atoms with Gasteiger partial charge in [0.2, 0.25) is 0 Å². The first-order chi connectivity index (χ1) is 2.41. The van der Waals surface area contributed by atoms with Crippen LogP contribution in [0.1, 0.15) is 13.8 Å². The molecule has 0 aliphatic rings. The summed E-state index contributed by atoms with van der Waals surface area (Å²) < 4.78 is 0. The second kappa shape index (κ2) is 15.9. The summed E-state index contributed by atoms with van der Waals surface area (Å²) in [6.45, 7) is -0.0243. The molecule has 0 saturated carbocycles. The number of rotatable bonds is 2. The van der Waals surface area contributed by atoms with Crippen LogP contribution in [0, 0.1) is 0 Å². The van der Waals surface area contributed by atoms with Gasteiger partial charge >= 0.3 is 0 Å². The molecule has 0 amide bonds. The van der Waals surface area contributed by atoms with E-state index >= 15 is 0 Å². The minimum Gasteiger partial charge on any atom is -0.396 e. The van der Waals surface area contributed by atoms with Crippen molar-refractivity contribution >= 4 is 6.29 Å². The average molecular weight is 179 g/mol. The molecule has 0 atom stereocenters. The van der Waals surface area contributed by atoms with Gasteiger partial charge in [0.15, 0.2) is 0 Å². The molecular formula is C4H10O2Y. The maximum absolute atomic E-state index is 9.24. The van der Waals surface area contributed by atoms with Gasteiger partial charge in [0.05, 0.1) is 0 Å². The zero-order valence-corrected chi connectivity index (χ0v) is 6.26. The standard InChI is InChI=1S/C3H6O2.CH4.Y/c4-2-1-3-5;;/h2,5H,1,3H2;1H4;. The Hall–Kier alpha value is 0.734. The minimum absolute atomic E-state index is 0. The van der Waals surface area contributed by atoms with Gasteiger partial charge < -0.3 is 9.90 Å². The predicted octanol–water partition coefficient (Wildman–Crippen LogP) is 0.201. The first-order valence-electron chi connectivity index (χ1n) is 1.46. The SMILES string of the molecule is C.O=CCCO.[Y]. The molecule has 1 radical (unpaired) electrons. The van der Waals surface area contributed by atoms with Crippen molar-refractivity contribution in [3.8, 4) is 0 Å². The largest absolute Gasteiger partial charge is 0.396 e. The molecule has 2 nitrogen and oxygen atoms in total. The second-order valence-electron chi connectivity index (χ2n) is 0.679. The molecule has 0 fully saturated rings. The van der Waals surface area contributed by atoms with Crippen LogP contribution in [-0.2, 0) is 37.5 Å². The number of carbonyl (C=O) groups is 1. The van der Waals surface area contributed by atoms with Crippen molar-refractivity contribution in [1.82, 2.24) is 0 Å². The van der Waals surface area contributed by atoms with Crippen LogP contribution >= 0.6 is 0 Å². The number of hydrogen-bond donors (Lipinski definition) is 1. The van der Waals surface area contributed by atoms with E-state index in [4.69, 9.17) is 5.11 Å². The number of carbonyl (C=O) groups excluding carboxylic acids is 1. The van der Waals surface area contributed by atoms with Crippen molar-refractivity contribution < 1.29 is 42.6 Å². The van der Waals surface area contributed by atoms with Crippen LogP contribution < -0.4 is 0 Å². The van der Waals surface area contributed by atoms with Crippen LogP contribution in [0.2, 0.25) is 0 Å². The maximum Gasteiger partial charge on any atom is 0.122 e. The fourth-order valence-electron chi connectivity index (χ4n) is 0.0527. The van der Waals surface area contributed by atoms with E-state index in [1.807, 2.05) is 0 Å². The quantitative estimate of drug-likeness (QED) is 0.615. The van der Waals surface area contributed by atoms with Gasteiger partial charge in [-0.05, 0) is 0 Å². The maximum atomic E-state index is 9.24. The Kier molecular flexibility index (Phi) is 35.5. The summed E-state index contributed by atoms with van der Waals surface area (Å²) in [6, 6.07) is 0. The summed E-state index contributed by atoms with van der Waals surface area (Å²) in [5, 5.41) is 7.84. The summed E-state index contributed by atoms with van der Waals surface area (Å²) in [5.41, 5.74) is 0. The van der Waals surface area contributed by atoms with E-state index < -0.39 is 0 Å². The smallest absolute Gasteiger partial charge is 0.122 e. The van der Waals surface area contributed by atoms with E-state index in [0.29, 0.717) is 6.29 Å². The Morgan fingerprint density at radius 1 is 1.57 bits per heavy atom. The Labute approximate surface area is 69.2 Å². The number of hydrogen-bond acceptors (Lipinski definition) is 2. The first-order valence-corrected chi connectivity index (χ1v) is 1.46. The molecule has 0 unspecified atom stereocenters. The van der Waals surface area contributed by atoms with Gasteiger partial charge in [-0.1, -0.05) is 7.43 Å². The molecule has 0 bridgehead atoms. The van der Waals surface area contributed by atoms with E-state index in [2.05, 4.69) is 0 Å². The number of aliphatic hydroxyl groups excluding tert-OH is 1. The molecule has 7 heavy (non-hydrogen) atoms. The second-order valence-corrected chi connectivity index (χ2v) is 0.679. The molecule has 0 spiro atoms. The van der Waals surface area contributed by atoms with Crippen LogP contribution in [0.15, 0.2) is 0 Å². The van der Waals surface area contributed by atoms with Gasteiger partial charge in [-0.2, -0.15) is 0 Å². The van der Waals surface area contributed by atoms with Gasteiger partial charge in [0, 0.05) is 45.7 Å². The van der Waals surface area contributed by atoms with Gasteiger partial charge in [-0.3, -0.25) is 0 Å². The molecule has 0 aliphatic carbocycles. The Balaban J connectivity index is -0.0000000800. The van der Waals surface area contributed by atoms with Gasteiger partial charge in [0.1, 0.15) is 6.29 Å². The van der Waals surface area contributed by atoms with Crippen LogP contribution in [0.25, 0.3) is 0 Å². The normalized spacial score (nSPS) is 5.29. The summed E-state index contributed by atoms with van der Waals surface area (Å²) in [7, 11) is 0. The van der Waals surface area contributed by atoms with E-state index in [0.717, 1.165) is 0 Å². The molecule has 0 aromatic heterocycles. The van der Waals surface area contributed by atoms with Crippen LogP contribution in [0.3, 0.4) is 0 Å². The number of aliphatic hydroxyl groups is 1. The van der Waals surface area contributed by atoms with E-state index in [1.54, 1.807) is 0 Å². The molecule has 0 saturated heterocycles. The monoisotopic (exact) mass is 179 g/mol. The van der Waals surface area contributed by atoms with E-state index in [-0.39, 0.29) is 53.2 Å². The van der Waals surface area contributed by atoms with Crippen molar-refractivity contribution in [3.05, 3.63) is 0 Å². The Bertz CT molecular complexity index is 30.9. The van der Waals surface area contributed by atoms with E-state index in [1.165, 1.54) is 0 Å². The molecule has 0 aromatic rings. The molecule has 0 aromatic carbocycles. The van der Waals surface area contributed by atoms with Gasteiger partial charge in [0.25, 0.3) is 0 Å². The molecule has 1 N–H and O–H groups in total. The third-order valence-electron chi connectivity index (χ3n) is 0.247.